The molecule has 1 saturated heterocycles. The summed E-state index contributed by atoms with van der Waals surface area (Å²) in [5.41, 5.74) is 12.8. The average Bonchev–Trinajstić information content (AvgIpc) is 3.87. The Balaban J connectivity index is 1.12. The van der Waals surface area contributed by atoms with Crippen LogP contribution < -0.4 is 5.32 Å². The number of benzene rings is 7. The SMILES string of the molecule is Fc1ccc(-c2ccc3c(c2)c2ccccc2n3-c2cc(-c3ccc(-n4c5ccccc5c5ccccc54)cc3)cc(C3CN3)c2)cc1. The van der Waals surface area contributed by atoms with E-state index in [0.717, 1.165) is 40.1 Å². The molecule has 9 aromatic rings. The molecule has 0 radical (unpaired) electrons. The van der Waals surface area contributed by atoms with Crippen LogP contribution in [0.2, 0.25) is 0 Å². The van der Waals surface area contributed by atoms with Gasteiger partial charge in [0.2, 0.25) is 0 Å². The summed E-state index contributed by atoms with van der Waals surface area (Å²) in [6.45, 7) is 0.990. The highest BCUT2D eigenvalue weighted by Gasteiger charge is 2.24. The lowest BCUT2D eigenvalue weighted by molar-refractivity contribution is 0.628. The average molecular weight is 620 g/mol. The number of hydrogen-bond acceptors (Lipinski definition) is 1. The highest BCUT2D eigenvalue weighted by Crippen LogP contribution is 2.38. The lowest BCUT2D eigenvalue weighted by atomic mass is 10.00. The third-order valence-electron chi connectivity index (χ3n) is 9.90. The summed E-state index contributed by atoms with van der Waals surface area (Å²) in [6, 6.07) is 55.6. The van der Waals surface area contributed by atoms with Gasteiger partial charge >= 0.3 is 0 Å². The molecule has 3 nitrogen and oxygen atoms in total. The van der Waals surface area contributed by atoms with E-state index in [-0.39, 0.29) is 5.82 Å². The summed E-state index contributed by atoms with van der Waals surface area (Å²) < 4.78 is 18.4. The summed E-state index contributed by atoms with van der Waals surface area (Å²) in [7, 11) is 0. The maximum absolute atomic E-state index is 13.7. The Bertz CT molecular complexity index is 2620. The lowest BCUT2D eigenvalue weighted by Gasteiger charge is -2.14. The molecule has 2 aromatic heterocycles. The van der Waals surface area contributed by atoms with Crippen molar-refractivity contribution in [1.29, 1.82) is 0 Å². The van der Waals surface area contributed by atoms with E-state index >= 15 is 0 Å². The van der Waals surface area contributed by atoms with Gasteiger partial charge in [0.15, 0.2) is 0 Å². The fraction of sp³-hybridized carbons (Fsp3) is 0.0455. The van der Waals surface area contributed by atoms with E-state index in [4.69, 9.17) is 0 Å². The van der Waals surface area contributed by atoms with Crippen molar-refractivity contribution in [2.75, 3.05) is 6.54 Å². The van der Waals surface area contributed by atoms with Crippen LogP contribution in [0.4, 0.5) is 4.39 Å². The molecule has 1 atom stereocenters. The van der Waals surface area contributed by atoms with Gasteiger partial charge in [0.05, 0.1) is 22.1 Å². The van der Waals surface area contributed by atoms with Crippen LogP contribution in [0.3, 0.4) is 0 Å². The van der Waals surface area contributed by atoms with Gasteiger partial charge in [0.1, 0.15) is 5.82 Å². The Kier molecular flexibility index (Phi) is 5.96. The van der Waals surface area contributed by atoms with Gasteiger partial charge in [0.25, 0.3) is 0 Å². The monoisotopic (exact) mass is 619 g/mol. The molecule has 0 spiro atoms. The third-order valence-corrected chi connectivity index (χ3v) is 9.90. The second kappa shape index (κ2) is 10.5. The first-order valence-corrected chi connectivity index (χ1v) is 16.5. The summed E-state index contributed by atoms with van der Waals surface area (Å²) in [4.78, 5) is 0. The van der Waals surface area contributed by atoms with Gasteiger partial charge in [-0.2, -0.15) is 0 Å². The number of nitrogens with zero attached hydrogens (tertiary/aromatic N) is 2. The predicted octanol–water partition coefficient (Wildman–Crippen LogP) is 11.0. The smallest absolute Gasteiger partial charge is 0.123 e. The van der Waals surface area contributed by atoms with E-state index in [1.54, 1.807) is 0 Å². The van der Waals surface area contributed by atoms with Crippen LogP contribution in [-0.4, -0.2) is 15.7 Å². The van der Waals surface area contributed by atoms with Crippen molar-refractivity contribution >= 4 is 43.6 Å². The standard InChI is InChI=1S/C44H30FN3/c45-33-18-13-28(14-19-33)30-17-22-44-39(26-30)38-9-3-6-12-43(38)48(44)35-24-31(23-32(25-35)40-27-46-40)29-15-20-34(21-16-29)47-41-10-4-1-7-36(41)37-8-2-5-11-42(37)47/h1-26,40,46H,27H2. The quantitative estimate of drug-likeness (QED) is 0.191. The molecule has 0 amide bonds. The molecule has 0 bridgehead atoms. The van der Waals surface area contributed by atoms with Crippen molar-refractivity contribution in [2.45, 2.75) is 6.04 Å². The van der Waals surface area contributed by atoms with Crippen LogP contribution in [0.1, 0.15) is 11.6 Å². The highest BCUT2D eigenvalue weighted by atomic mass is 19.1. The van der Waals surface area contributed by atoms with Crippen molar-refractivity contribution in [1.82, 2.24) is 14.5 Å². The van der Waals surface area contributed by atoms with E-state index in [0.29, 0.717) is 6.04 Å². The van der Waals surface area contributed by atoms with E-state index in [1.165, 1.54) is 61.4 Å². The van der Waals surface area contributed by atoms with Gasteiger partial charge in [-0.15, -0.1) is 0 Å². The van der Waals surface area contributed by atoms with Crippen molar-refractivity contribution in [2.24, 2.45) is 0 Å². The maximum Gasteiger partial charge on any atom is 0.123 e. The van der Waals surface area contributed by atoms with Crippen LogP contribution in [-0.2, 0) is 0 Å². The molecule has 10 rings (SSSR count). The Hall–Kier alpha value is -5.97. The topological polar surface area (TPSA) is 31.8 Å². The molecule has 1 unspecified atom stereocenters. The molecule has 1 fully saturated rings. The molecular formula is C44H30FN3. The Labute approximate surface area is 277 Å². The van der Waals surface area contributed by atoms with E-state index < -0.39 is 0 Å². The zero-order chi connectivity index (χ0) is 31.8. The Morgan fingerprint density at radius 1 is 0.438 bits per heavy atom. The minimum atomic E-state index is -0.224. The number of aromatic nitrogens is 2. The fourth-order valence-corrected chi connectivity index (χ4v) is 7.50. The van der Waals surface area contributed by atoms with Crippen molar-refractivity contribution < 1.29 is 4.39 Å². The second-order valence-electron chi connectivity index (χ2n) is 12.8. The highest BCUT2D eigenvalue weighted by molar-refractivity contribution is 6.11. The number of fused-ring (bicyclic) bond motifs is 6. The van der Waals surface area contributed by atoms with Crippen molar-refractivity contribution in [3.63, 3.8) is 0 Å². The second-order valence-corrected chi connectivity index (χ2v) is 12.8. The summed E-state index contributed by atoms with van der Waals surface area (Å²) >= 11 is 0. The molecule has 3 heterocycles. The molecule has 1 aliphatic heterocycles. The van der Waals surface area contributed by atoms with Crippen LogP contribution in [0.5, 0.6) is 0 Å². The zero-order valence-electron chi connectivity index (χ0n) is 26.1. The summed E-state index contributed by atoms with van der Waals surface area (Å²) in [5, 5.41) is 8.44. The molecule has 7 aromatic carbocycles. The Morgan fingerprint density at radius 3 is 1.56 bits per heavy atom. The van der Waals surface area contributed by atoms with Crippen molar-refractivity contribution in [3.05, 3.63) is 169 Å². The first-order chi connectivity index (χ1) is 23.7. The third kappa shape index (κ3) is 4.30. The summed E-state index contributed by atoms with van der Waals surface area (Å²) in [6.07, 6.45) is 0. The minimum Gasteiger partial charge on any atom is -0.309 e. The lowest BCUT2D eigenvalue weighted by Crippen LogP contribution is -1.98. The van der Waals surface area contributed by atoms with Gasteiger partial charge in [-0.3, -0.25) is 0 Å². The number of rotatable bonds is 5. The predicted molar refractivity (Wildman–Crippen MR) is 197 cm³/mol. The molecule has 4 heteroatoms. The van der Waals surface area contributed by atoms with Gasteiger partial charge in [0, 0.05) is 45.5 Å². The molecule has 1 N–H and O–H groups in total. The van der Waals surface area contributed by atoms with E-state index in [9.17, 15) is 4.39 Å². The van der Waals surface area contributed by atoms with E-state index in [2.05, 4.69) is 148 Å². The largest absolute Gasteiger partial charge is 0.309 e. The number of halogens is 1. The van der Waals surface area contributed by atoms with Gasteiger partial charge in [-0.05, 0) is 101 Å². The summed E-state index contributed by atoms with van der Waals surface area (Å²) in [5.74, 6) is -0.224. The maximum atomic E-state index is 13.7. The van der Waals surface area contributed by atoms with Crippen LogP contribution in [0.25, 0.3) is 77.2 Å². The van der Waals surface area contributed by atoms with Gasteiger partial charge in [-0.1, -0.05) is 84.9 Å². The Morgan fingerprint density at radius 2 is 0.938 bits per heavy atom. The molecular weight excluding hydrogens is 590 g/mol. The first kappa shape index (κ1) is 27.2. The van der Waals surface area contributed by atoms with Gasteiger partial charge in [-0.25, -0.2) is 4.39 Å². The fourth-order valence-electron chi connectivity index (χ4n) is 7.50. The molecule has 228 valence electrons. The number of hydrogen-bond donors (Lipinski definition) is 1. The van der Waals surface area contributed by atoms with Crippen LogP contribution in [0.15, 0.2) is 158 Å². The van der Waals surface area contributed by atoms with Crippen LogP contribution in [0, 0.1) is 5.82 Å². The molecule has 48 heavy (non-hydrogen) atoms. The normalized spacial score (nSPS) is 14.4. The van der Waals surface area contributed by atoms with Crippen LogP contribution >= 0.6 is 0 Å². The van der Waals surface area contributed by atoms with Gasteiger partial charge < -0.3 is 14.5 Å². The molecule has 0 saturated carbocycles. The number of para-hydroxylation sites is 3. The first-order valence-electron chi connectivity index (χ1n) is 16.5. The van der Waals surface area contributed by atoms with Crippen molar-refractivity contribution in [3.8, 4) is 33.6 Å². The number of nitrogens with one attached hydrogen (secondary N) is 1. The minimum absolute atomic E-state index is 0.224. The molecule has 0 aliphatic carbocycles. The zero-order valence-corrected chi connectivity index (χ0v) is 26.1. The van der Waals surface area contributed by atoms with E-state index in [1.807, 2.05) is 12.1 Å². The molecule has 1 aliphatic rings.